The molecule has 0 aromatic carbocycles. The van der Waals surface area contributed by atoms with Crippen molar-refractivity contribution in [2.24, 2.45) is 12.0 Å². The number of guanidine groups is 1. The number of aliphatic imine (C=N–C) groups is 1. The number of aryl methyl sites for hydroxylation is 1. The van der Waals surface area contributed by atoms with Crippen molar-refractivity contribution < 1.29 is 0 Å². The summed E-state index contributed by atoms with van der Waals surface area (Å²) in [6, 6.07) is 0. The fourth-order valence-corrected chi connectivity index (χ4v) is 2.81. The zero-order chi connectivity index (χ0) is 16.1. The third kappa shape index (κ3) is 4.03. The Hall–Kier alpha value is -1.96. The number of aromatic nitrogens is 4. The first kappa shape index (κ1) is 16.4. The van der Waals surface area contributed by atoms with Gasteiger partial charge in [0.05, 0.1) is 23.8 Å². The zero-order valence-corrected chi connectivity index (χ0v) is 14.6. The average molecular weight is 321 g/mol. The lowest BCUT2D eigenvalue weighted by molar-refractivity contribution is 0.448. The van der Waals surface area contributed by atoms with E-state index in [1.165, 1.54) is 5.01 Å². The summed E-state index contributed by atoms with van der Waals surface area (Å²) < 4.78 is 1.76. The van der Waals surface area contributed by atoms with E-state index >= 15 is 0 Å². The summed E-state index contributed by atoms with van der Waals surface area (Å²) in [7, 11) is 5.63. The third-order valence-corrected chi connectivity index (χ3v) is 4.44. The maximum absolute atomic E-state index is 4.62. The fourth-order valence-electron chi connectivity index (χ4n) is 1.97. The molecule has 0 aliphatic carbocycles. The van der Waals surface area contributed by atoms with Crippen LogP contribution in [-0.2, 0) is 20.1 Å². The summed E-state index contributed by atoms with van der Waals surface area (Å²) in [5.41, 5.74) is 1.04. The van der Waals surface area contributed by atoms with Crippen LogP contribution in [0, 0.1) is 0 Å². The predicted molar refractivity (Wildman–Crippen MR) is 88.9 cm³/mol. The van der Waals surface area contributed by atoms with Crippen LogP contribution in [0.5, 0.6) is 0 Å². The first-order chi connectivity index (χ1) is 10.5. The van der Waals surface area contributed by atoms with E-state index < -0.39 is 0 Å². The van der Waals surface area contributed by atoms with Crippen LogP contribution in [0.3, 0.4) is 0 Å². The van der Waals surface area contributed by atoms with E-state index in [9.17, 15) is 0 Å². The zero-order valence-electron chi connectivity index (χ0n) is 13.7. The minimum Gasteiger partial charge on any atom is -0.351 e. The molecule has 2 heterocycles. The van der Waals surface area contributed by atoms with Gasteiger partial charge in [-0.3, -0.25) is 9.67 Å². The Bertz CT molecular complexity index is 629. The summed E-state index contributed by atoms with van der Waals surface area (Å²) in [6.07, 6.45) is 1.56. The number of nitrogens with one attached hydrogen (secondary N) is 1. The van der Waals surface area contributed by atoms with Crippen LogP contribution in [0.1, 0.15) is 36.3 Å². The highest BCUT2D eigenvalue weighted by Gasteiger charge is 2.11. The van der Waals surface area contributed by atoms with Crippen LogP contribution >= 0.6 is 11.3 Å². The van der Waals surface area contributed by atoms with Crippen molar-refractivity contribution in [3.8, 4) is 0 Å². The molecule has 1 N–H and O–H groups in total. The van der Waals surface area contributed by atoms with E-state index in [1.54, 1.807) is 29.4 Å². The summed E-state index contributed by atoms with van der Waals surface area (Å²) >= 11 is 1.70. The largest absolute Gasteiger partial charge is 0.351 e. The van der Waals surface area contributed by atoms with Gasteiger partial charge in [-0.25, -0.2) is 9.97 Å². The molecule has 0 bridgehead atoms. The normalized spacial score (nSPS) is 12.0. The molecule has 0 spiro atoms. The predicted octanol–water partition coefficient (Wildman–Crippen LogP) is 1.60. The van der Waals surface area contributed by atoms with Gasteiger partial charge in [0.15, 0.2) is 5.96 Å². The molecule has 0 fully saturated rings. The van der Waals surface area contributed by atoms with E-state index in [1.807, 2.05) is 19.0 Å². The Kier molecular flexibility index (Phi) is 5.48. The molecule has 7 nitrogen and oxygen atoms in total. The van der Waals surface area contributed by atoms with E-state index in [-0.39, 0.29) is 0 Å². The number of hydrogen-bond acceptors (Lipinski definition) is 5. The summed E-state index contributed by atoms with van der Waals surface area (Å²) in [5, 5.41) is 10.7. The van der Waals surface area contributed by atoms with Crippen molar-refractivity contribution in [1.29, 1.82) is 0 Å². The van der Waals surface area contributed by atoms with Crippen LogP contribution < -0.4 is 5.32 Å². The van der Waals surface area contributed by atoms with Crippen molar-refractivity contribution in [3.63, 3.8) is 0 Å². The molecule has 120 valence electrons. The topological polar surface area (TPSA) is 71.2 Å². The maximum Gasteiger partial charge on any atom is 0.194 e. The van der Waals surface area contributed by atoms with Gasteiger partial charge in [0, 0.05) is 32.4 Å². The number of nitrogens with zero attached hydrogens (tertiary/aromatic N) is 6. The second kappa shape index (κ2) is 7.35. The molecule has 2 rings (SSSR count). The number of hydrogen-bond donors (Lipinski definition) is 1. The van der Waals surface area contributed by atoms with E-state index in [2.05, 4.69) is 44.6 Å². The summed E-state index contributed by atoms with van der Waals surface area (Å²) in [4.78, 5) is 15.2. The van der Waals surface area contributed by atoms with Crippen LogP contribution in [0.2, 0.25) is 0 Å². The molecule has 0 aliphatic heterocycles. The minimum absolute atomic E-state index is 0.469. The third-order valence-electron chi connectivity index (χ3n) is 3.25. The van der Waals surface area contributed by atoms with Crippen molar-refractivity contribution in [1.82, 2.24) is 30.0 Å². The molecule has 0 saturated heterocycles. The molecule has 22 heavy (non-hydrogen) atoms. The first-order valence-corrected chi connectivity index (χ1v) is 8.08. The Balaban J connectivity index is 1.92. The Morgan fingerprint density at radius 2 is 2.27 bits per heavy atom. The van der Waals surface area contributed by atoms with Crippen molar-refractivity contribution in [2.45, 2.75) is 32.9 Å². The highest BCUT2D eigenvalue weighted by Crippen LogP contribution is 2.18. The lowest BCUT2D eigenvalue weighted by atomic mass is 10.2. The second-order valence-corrected chi connectivity index (χ2v) is 6.28. The van der Waals surface area contributed by atoms with Gasteiger partial charge in [-0.1, -0.05) is 13.8 Å². The van der Waals surface area contributed by atoms with Crippen LogP contribution in [-0.4, -0.2) is 44.7 Å². The van der Waals surface area contributed by atoms with Crippen LogP contribution in [0.25, 0.3) is 0 Å². The van der Waals surface area contributed by atoms with Crippen molar-refractivity contribution in [2.75, 3.05) is 14.1 Å². The highest BCUT2D eigenvalue weighted by molar-refractivity contribution is 7.09. The molecule has 0 radical (unpaired) electrons. The molecular formula is C14H23N7S. The molecular weight excluding hydrogens is 298 g/mol. The van der Waals surface area contributed by atoms with Gasteiger partial charge in [0.2, 0.25) is 0 Å². The van der Waals surface area contributed by atoms with Gasteiger partial charge < -0.3 is 10.2 Å². The fraction of sp³-hybridized carbons (Fsp3) is 0.571. The average Bonchev–Trinajstić information content (AvgIpc) is 3.10. The molecule has 0 unspecified atom stereocenters. The standard InChI is InChI=1S/C14H23N7S/c1-10(2)13-19-11(8-22-13)6-16-14(15-3)20(4)7-12-17-9-18-21(12)5/h8-10H,6-7H2,1-5H3,(H,15,16). The van der Waals surface area contributed by atoms with Crippen molar-refractivity contribution in [3.05, 3.63) is 28.2 Å². The quantitative estimate of drug-likeness (QED) is 0.669. The lowest BCUT2D eigenvalue weighted by Crippen LogP contribution is -2.38. The minimum atomic E-state index is 0.469. The van der Waals surface area contributed by atoms with E-state index in [0.717, 1.165) is 17.5 Å². The second-order valence-electron chi connectivity index (χ2n) is 5.39. The van der Waals surface area contributed by atoms with Gasteiger partial charge in [0.25, 0.3) is 0 Å². The van der Waals surface area contributed by atoms with Gasteiger partial charge in [0.1, 0.15) is 12.2 Å². The maximum atomic E-state index is 4.62. The molecule has 0 saturated carbocycles. The molecule has 0 aliphatic rings. The molecule has 2 aromatic rings. The first-order valence-electron chi connectivity index (χ1n) is 7.20. The Morgan fingerprint density at radius 1 is 1.50 bits per heavy atom. The van der Waals surface area contributed by atoms with E-state index in [4.69, 9.17) is 0 Å². The molecule has 0 atom stereocenters. The molecule has 8 heteroatoms. The van der Waals surface area contributed by atoms with Crippen LogP contribution in [0.4, 0.5) is 0 Å². The van der Waals surface area contributed by atoms with Crippen molar-refractivity contribution >= 4 is 17.3 Å². The van der Waals surface area contributed by atoms with Gasteiger partial charge in [-0.05, 0) is 0 Å². The molecule has 2 aromatic heterocycles. The van der Waals surface area contributed by atoms with Gasteiger partial charge >= 0.3 is 0 Å². The van der Waals surface area contributed by atoms with Gasteiger partial charge in [-0.15, -0.1) is 11.3 Å². The lowest BCUT2D eigenvalue weighted by Gasteiger charge is -2.21. The Morgan fingerprint density at radius 3 is 2.82 bits per heavy atom. The number of thiazole rings is 1. The summed E-state index contributed by atoms with van der Waals surface area (Å²) in [5.74, 6) is 2.17. The monoisotopic (exact) mass is 321 g/mol. The summed E-state index contributed by atoms with van der Waals surface area (Å²) in [6.45, 7) is 5.62. The van der Waals surface area contributed by atoms with Gasteiger partial charge in [-0.2, -0.15) is 5.10 Å². The SMILES string of the molecule is CN=C(NCc1csc(C(C)C)n1)N(C)Cc1ncnn1C. The highest BCUT2D eigenvalue weighted by atomic mass is 32.1. The van der Waals surface area contributed by atoms with Crippen LogP contribution in [0.15, 0.2) is 16.7 Å². The van der Waals surface area contributed by atoms with E-state index in [0.29, 0.717) is 19.0 Å². The molecule has 0 amide bonds. The Labute approximate surface area is 135 Å². The smallest absolute Gasteiger partial charge is 0.194 e. The number of rotatable bonds is 5.